The van der Waals surface area contributed by atoms with E-state index in [0.29, 0.717) is 17.2 Å². The number of aryl methyl sites for hydroxylation is 1. The topological polar surface area (TPSA) is 50.3 Å². The number of benzene rings is 1. The Hall–Kier alpha value is -1.66. The lowest BCUT2D eigenvalue weighted by Gasteiger charge is -2.48. The van der Waals surface area contributed by atoms with Gasteiger partial charge in [0.15, 0.2) is 0 Å². The van der Waals surface area contributed by atoms with E-state index < -0.39 is 0 Å². The van der Waals surface area contributed by atoms with Gasteiger partial charge in [-0.05, 0) is 76.5 Å². The normalized spacial score (nSPS) is 27.0. The minimum atomic E-state index is -0.271. The van der Waals surface area contributed by atoms with Crippen molar-refractivity contribution < 1.29 is 10.6 Å². The van der Waals surface area contributed by atoms with Crippen LogP contribution in [0.15, 0.2) is 16.9 Å². The van der Waals surface area contributed by atoms with Gasteiger partial charge in [-0.25, -0.2) is 9.18 Å². The molecule has 29 heavy (non-hydrogen) atoms. The van der Waals surface area contributed by atoms with Crippen LogP contribution in [0.4, 0.5) is 4.39 Å². The van der Waals surface area contributed by atoms with Gasteiger partial charge in [-0.2, -0.15) is 0 Å². The van der Waals surface area contributed by atoms with Crippen LogP contribution in [0, 0.1) is 12.7 Å². The van der Waals surface area contributed by atoms with Gasteiger partial charge < -0.3 is 9.72 Å². The fourth-order valence-corrected chi connectivity index (χ4v) is 5.26. The van der Waals surface area contributed by atoms with Crippen LogP contribution in [0.3, 0.4) is 0 Å². The molecule has 1 aromatic heterocycles. The van der Waals surface area contributed by atoms with Crippen molar-refractivity contribution in [2.45, 2.75) is 83.4 Å². The molecule has 5 nitrogen and oxygen atoms in total. The van der Waals surface area contributed by atoms with Gasteiger partial charge in [0.05, 0.1) is 17.1 Å². The number of aromatic nitrogens is 2. The zero-order chi connectivity index (χ0) is 20.6. The molecule has 0 unspecified atom stereocenters. The minimum absolute atomic E-state index is 0. The number of hydrogen-bond acceptors (Lipinski definition) is 3. The molecule has 1 aromatic carbocycles. The molecular formula is C23H36FN3O2. The van der Waals surface area contributed by atoms with Crippen molar-refractivity contribution in [2.75, 3.05) is 19.7 Å². The summed E-state index contributed by atoms with van der Waals surface area (Å²) >= 11 is 0. The number of nitrogens with zero attached hydrogens (tertiary/aromatic N) is 2. The number of halogens is 1. The molecule has 0 radical (unpaired) electrons. The summed E-state index contributed by atoms with van der Waals surface area (Å²) in [6.07, 6.45) is 8.06. The molecule has 1 saturated heterocycles. The van der Waals surface area contributed by atoms with E-state index in [0.717, 1.165) is 57.3 Å². The second kappa shape index (κ2) is 8.23. The lowest BCUT2D eigenvalue weighted by Crippen LogP contribution is -2.53. The molecular weight excluding hydrogens is 369 g/mol. The van der Waals surface area contributed by atoms with E-state index in [1.807, 2.05) is 4.57 Å². The lowest BCUT2D eigenvalue weighted by molar-refractivity contribution is -0.0305. The van der Waals surface area contributed by atoms with Crippen LogP contribution in [-0.2, 0) is 4.74 Å². The summed E-state index contributed by atoms with van der Waals surface area (Å²) < 4.78 is 21.7. The summed E-state index contributed by atoms with van der Waals surface area (Å²) in [6.45, 7) is 9.18. The van der Waals surface area contributed by atoms with Gasteiger partial charge in [0.2, 0.25) is 0 Å². The molecule has 0 bridgehead atoms. The van der Waals surface area contributed by atoms with Crippen LogP contribution in [0.25, 0.3) is 11.0 Å². The highest BCUT2D eigenvalue weighted by Gasteiger charge is 2.38. The van der Waals surface area contributed by atoms with E-state index >= 15 is 0 Å². The van der Waals surface area contributed by atoms with E-state index in [-0.39, 0.29) is 24.5 Å². The molecule has 1 N–H and O–H groups in total. The van der Waals surface area contributed by atoms with Crippen molar-refractivity contribution >= 4 is 11.0 Å². The first-order valence-electron chi connectivity index (χ1n) is 11.2. The van der Waals surface area contributed by atoms with Crippen molar-refractivity contribution in [1.82, 2.24) is 14.5 Å². The van der Waals surface area contributed by atoms with Gasteiger partial charge in [-0.3, -0.25) is 9.47 Å². The number of likely N-dealkylation sites (tertiary alicyclic amines) is 1. The predicted octanol–water partition coefficient (Wildman–Crippen LogP) is 4.79. The molecule has 162 valence electrons. The molecule has 2 aliphatic rings. The van der Waals surface area contributed by atoms with Gasteiger partial charge in [-0.15, -0.1) is 0 Å². The molecule has 2 aromatic rings. The van der Waals surface area contributed by atoms with Gasteiger partial charge in [-0.1, -0.05) is 6.92 Å². The number of H-pyrrole nitrogens is 1. The smallest absolute Gasteiger partial charge is 0.326 e. The standard InChI is InChI=1S/C23H34FN3O2.H2/c1-4-13-29-18-5-9-23(3,10-6-18)26-11-7-17(8-12-26)27-21-14-16(2)19(24)15-20(21)25-22(27)28;/h14-15,17-18H,4-13H2,1-3H3,(H,25,28);1H. The highest BCUT2D eigenvalue weighted by atomic mass is 19.1. The summed E-state index contributed by atoms with van der Waals surface area (Å²) in [5, 5.41) is 0. The predicted molar refractivity (Wildman–Crippen MR) is 116 cm³/mol. The number of aromatic amines is 1. The highest BCUT2D eigenvalue weighted by molar-refractivity contribution is 5.76. The van der Waals surface area contributed by atoms with Gasteiger partial charge in [0.25, 0.3) is 0 Å². The van der Waals surface area contributed by atoms with Crippen LogP contribution in [0.5, 0.6) is 0 Å². The summed E-state index contributed by atoms with van der Waals surface area (Å²) in [7, 11) is 0. The lowest BCUT2D eigenvalue weighted by atomic mass is 9.79. The van der Waals surface area contributed by atoms with E-state index in [2.05, 4.69) is 23.7 Å². The zero-order valence-corrected chi connectivity index (χ0v) is 18.0. The van der Waals surface area contributed by atoms with E-state index in [1.165, 1.54) is 18.9 Å². The van der Waals surface area contributed by atoms with Crippen LogP contribution in [0.2, 0.25) is 0 Å². The number of fused-ring (bicyclic) bond motifs is 1. The summed E-state index contributed by atoms with van der Waals surface area (Å²) in [5.74, 6) is -0.271. The monoisotopic (exact) mass is 405 g/mol. The molecule has 1 aliphatic carbocycles. The van der Waals surface area contributed by atoms with Crippen molar-refractivity contribution in [3.05, 3.63) is 34.0 Å². The Balaban J connectivity index is 0.00000256. The largest absolute Gasteiger partial charge is 0.378 e. The maximum atomic E-state index is 13.9. The summed E-state index contributed by atoms with van der Waals surface area (Å²) in [6, 6.07) is 3.41. The fourth-order valence-electron chi connectivity index (χ4n) is 5.26. The van der Waals surface area contributed by atoms with E-state index in [9.17, 15) is 9.18 Å². The van der Waals surface area contributed by atoms with Crippen LogP contribution in [-0.4, -0.2) is 45.8 Å². The number of ether oxygens (including phenoxy) is 1. The number of rotatable bonds is 5. The second-order valence-corrected chi connectivity index (χ2v) is 9.20. The van der Waals surface area contributed by atoms with Crippen molar-refractivity contribution in [3.63, 3.8) is 0 Å². The quantitative estimate of drug-likeness (QED) is 0.778. The first-order valence-corrected chi connectivity index (χ1v) is 11.2. The number of piperidine rings is 1. The van der Waals surface area contributed by atoms with Crippen LogP contribution >= 0.6 is 0 Å². The fraction of sp³-hybridized carbons (Fsp3) is 0.696. The first-order chi connectivity index (χ1) is 13.9. The first kappa shape index (κ1) is 20.6. The highest BCUT2D eigenvalue weighted by Crippen LogP contribution is 2.38. The van der Waals surface area contributed by atoms with Gasteiger partial charge in [0.1, 0.15) is 5.82 Å². The van der Waals surface area contributed by atoms with Crippen LogP contribution < -0.4 is 5.69 Å². The third-order valence-corrected chi connectivity index (χ3v) is 7.16. The molecule has 4 rings (SSSR count). The molecule has 0 spiro atoms. The second-order valence-electron chi connectivity index (χ2n) is 9.20. The Morgan fingerprint density at radius 2 is 1.93 bits per heavy atom. The molecule has 0 atom stereocenters. The number of nitrogens with one attached hydrogen (secondary N) is 1. The molecule has 1 aliphatic heterocycles. The van der Waals surface area contributed by atoms with Crippen LogP contribution in [0.1, 0.15) is 71.8 Å². The summed E-state index contributed by atoms with van der Waals surface area (Å²) in [4.78, 5) is 18.1. The van der Waals surface area contributed by atoms with Gasteiger partial charge in [0, 0.05) is 32.7 Å². The Labute approximate surface area is 173 Å². The third-order valence-electron chi connectivity index (χ3n) is 7.16. The van der Waals surface area contributed by atoms with Crippen molar-refractivity contribution in [1.29, 1.82) is 0 Å². The average Bonchev–Trinajstić information content (AvgIpc) is 3.02. The zero-order valence-electron chi connectivity index (χ0n) is 18.0. The van der Waals surface area contributed by atoms with E-state index in [1.54, 1.807) is 13.0 Å². The molecule has 0 amide bonds. The minimum Gasteiger partial charge on any atom is -0.378 e. The Bertz CT molecular complexity index is 909. The maximum absolute atomic E-state index is 13.9. The molecule has 2 heterocycles. The Morgan fingerprint density at radius 3 is 2.59 bits per heavy atom. The molecule has 2 fully saturated rings. The number of imidazole rings is 1. The molecule has 6 heteroatoms. The van der Waals surface area contributed by atoms with E-state index in [4.69, 9.17) is 4.74 Å². The average molecular weight is 406 g/mol. The number of hydrogen-bond donors (Lipinski definition) is 1. The Morgan fingerprint density at radius 1 is 1.24 bits per heavy atom. The van der Waals surface area contributed by atoms with Crippen molar-refractivity contribution in [3.8, 4) is 0 Å². The van der Waals surface area contributed by atoms with Gasteiger partial charge >= 0.3 is 5.69 Å². The van der Waals surface area contributed by atoms with Crippen molar-refractivity contribution in [2.24, 2.45) is 0 Å². The summed E-state index contributed by atoms with van der Waals surface area (Å²) in [5.41, 5.74) is 2.12. The SMILES string of the molecule is CCCOC1CCC(C)(N2CCC(n3c(=O)[nH]c4cc(F)c(C)cc43)CC2)CC1.[HH]. The maximum Gasteiger partial charge on any atom is 0.326 e. The molecule has 1 saturated carbocycles. The third kappa shape index (κ3) is 4.02. The Kier molecular flexibility index (Phi) is 5.85.